The van der Waals surface area contributed by atoms with E-state index in [0.717, 1.165) is 0 Å². The van der Waals surface area contributed by atoms with Gasteiger partial charge >= 0.3 is 0 Å². The number of hydrogen-bond acceptors (Lipinski definition) is 4. The predicted octanol–water partition coefficient (Wildman–Crippen LogP) is 1.12. The van der Waals surface area contributed by atoms with Crippen molar-refractivity contribution in [2.24, 2.45) is 5.92 Å². The Morgan fingerprint density at radius 2 is 1.85 bits per heavy atom. The van der Waals surface area contributed by atoms with Crippen molar-refractivity contribution in [3.8, 4) is 0 Å². The van der Waals surface area contributed by atoms with Crippen LogP contribution < -0.4 is 0 Å². The van der Waals surface area contributed by atoms with E-state index < -0.39 is 13.9 Å². The highest BCUT2D eigenvalue weighted by Gasteiger charge is 2.53. The van der Waals surface area contributed by atoms with E-state index in [0.29, 0.717) is 6.42 Å². The van der Waals surface area contributed by atoms with Crippen LogP contribution in [0.5, 0.6) is 0 Å². The number of hydrogen-bond donors (Lipinski definition) is 2. The van der Waals surface area contributed by atoms with Crippen LogP contribution in [0.1, 0.15) is 34.1 Å². The largest absolute Gasteiger partial charge is 0.412 e. The summed E-state index contributed by atoms with van der Waals surface area (Å²) in [5.41, 5.74) is -0.665. The molecule has 0 radical (unpaired) electrons. The van der Waals surface area contributed by atoms with E-state index in [1.165, 1.54) is 0 Å². The van der Waals surface area contributed by atoms with Crippen molar-refractivity contribution in [3.63, 3.8) is 0 Å². The quantitative estimate of drug-likeness (QED) is 0.747. The van der Waals surface area contributed by atoms with E-state index in [9.17, 15) is 10.2 Å². The van der Waals surface area contributed by atoms with Crippen molar-refractivity contribution in [1.29, 1.82) is 0 Å². The summed E-state index contributed by atoms with van der Waals surface area (Å²) in [5.74, 6) is 0.0729. The van der Waals surface area contributed by atoms with Gasteiger partial charge in [-0.15, -0.1) is 0 Å². The maximum atomic E-state index is 9.73. The van der Waals surface area contributed by atoms with Crippen LogP contribution in [0.3, 0.4) is 0 Å². The van der Waals surface area contributed by atoms with E-state index in [1.807, 2.05) is 7.85 Å². The highest BCUT2D eigenvalue weighted by Crippen LogP contribution is 2.44. The van der Waals surface area contributed by atoms with Crippen LogP contribution >= 0.6 is 0 Å². The van der Waals surface area contributed by atoms with Gasteiger partial charge in [-0.2, -0.15) is 0 Å². The molecule has 0 aromatic rings. The van der Waals surface area contributed by atoms with Crippen LogP contribution in [0, 0.1) is 5.92 Å². The molecule has 0 aliphatic carbocycles. The van der Waals surface area contributed by atoms with Gasteiger partial charge in [-0.05, 0) is 18.1 Å². The molecule has 1 saturated heterocycles. The van der Waals surface area contributed by atoms with Crippen LogP contribution in [0.25, 0.3) is 0 Å². The first kappa shape index (κ1) is 18.2. The van der Waals surface area contributed by atoms with Crippen molar-refractivity contribution in [3.05, 3.63) is 0 Å². The Kier molecular flexibility index (Phi) is 5.53. The van der Waals surface area contributed by atoms with Crippen molar-refractivity contribution in [2.75, 3.05) is 13.2 Å². The van der Waals surface area contributed by atoms with Gasteiger partial charge in [0.15, 0.2) is 8.32 Å². The summed E-state index contributed by atoms with van der Waals surface area (Å²) in [7, 11) is 0.127. The first-order chi connectivity index (χ1) is 9.00. The number of ether oxygens (including phenoxy) is 1. The van der Waals surface area contributed by atoms with Gasteiger partial charge in [0.2, 0.25) is 0 Å². The zero-order valence-corrected chi connectivity index (χ0v) is 15.1. The standard InChI is InChI=1S/C14H31BO4Si/c1-10-11(19-20(5,6)13(2,3)4)12(15)18-14(10,9-17)7-8-16/h10-12,16-17H,7-9,15H2,1-6H3/t10?,11-,12+,14+/m0/s1. The summed E-state index contributed by atoms with van der Waals surface area (Å²) >= 11 is 0. The summed E-state index contributed by atoms with van der Waals surface area (Å²) in [4.78, 5) is 0. The predicted molar refractivity (Wildman–Crippen MR) is 86.2 cm³/mol. The molecule has 0 saturated carbocycles. The van der Waals surface area contributed by atoms with Crippen LogP contribution in [0.4, 0.5) is 0 Å². The Labute approximate surface area is 125 Å². The summed E-state index contributed by atoms with van der Waals surface area (Å²) in [6.07, 6.45) is 0.432. The Morgan fingerprint density at radius 1 is 1.30 bits per heavy atom. The molecule has 0 aromatic heterocycles. The van der Waals surface area contributed by atoms with Gasteiger partial charge in [0.05, 0.1) is 18.3 Å². The highest BCUT2D eigenvalue weighted by atomic mass is 28.4. The molecule has 1 heterocycles. The van der Waals surface area contributed by atoms with Gasteiger partial charge in [-0.25, -0.2) is 0 Å². The molecule has 1 fully saturated rings. The minimum Gasteiger partial charge on any atom is -0.412 e. The van der Waals surface area contributed by atoms with Gasteiger partial charge in [0.25, 0.3) is 0 Å². The smallest absolute Gasteiger partial charge is 0.192 e. The lowest BCUT2D eigenvalue weighted by Crippen LogP contribution is -2.49. The molecule has 0 amide bonds. The molecular weight excluding hydrogens is 271 g/mol. The second-order valence-electron chi connectivity index (χ2n) is 7.65. The molecule has 1 aliphatic heterocycles. The van der Waals surface area contributed by atoms with Gasteiger partial charge in [0.1, 0.15) is 7.85 Å². The molecule has 0 aromatic carbocycles. The van der Waals surface area contributed by atoms with Gasteiger partial charge in [-0.1, -0.05) is 27.7 Å². The van der Waals surface area contributed by atoms with Gasteiger partial charge in [0, 0.05) is 24.9 Å². The lowest BCUT2D eigenvalue weighted by atomic mass is 9.82. The van der Waals surface area contributed by atoms with Crippen molar-refractivity contribution in [2.45, 2.75) is 70.0 Å². The Hall–Kier alpha value is 0.122. The lowest BCUT2D eigenvalue weighted by Gasteiger charge is -2.40. The van der Waals surface area contributed by atoms with Crippen LogP contribution in [0.2, 0.25) is 18.1 Å². The Morgan fingerprint density at radius 3 is 2.25 bits per heavy atom. The molecule has 2 N–H and O–H groups in total. The fourth-order valence-corrected chi connectivity index (χ4v) is 4.13. The van der Waals surface area contributed by atoms with E-state index >= 15 is 0 Å². The molecule has 6 heteroatoms. The maximum absolute atomic E-state index is 9.73. The average Bonchev–Trinajstić information content (AvgIpc) is 2.53. The number of aliphatic hydroxyl groups excluding tert-OH is 2. The van der Waals surface area contributed by atoms with Crippen molar-refractivity contribution in [1.82, 2.24) is 0 Å². The molecule has 0 spiro atoms. The Balaban J connectivity index is 2.92. The van der Waals surface area contributed by atoms with Crippen molar-refractivity contribution < 1.29 is 19.4 Å². The second-order valence-corrected chi connectivity index (χ2v) is 12.4. The van der Waals surface area contributed by atoms with Crippen LogP contribution in [-0.4, -0.2) is 57.3 Å². The average molecular weight is 302 g/mol. The molecular formula is C14H31BO4Si. The van der Waals surface area contributed by atoms with Gasteiger partial charge < -0.3 is 19.4 Å². The van der Waals surface area contributed by atoms with Crippen LogP contribution in [0.15, 0.2) is 0 Å². The lowest BCUT2D eigenvalue weighted by molar-refractivity contribution is -0.0813. The zero-order chi connectivity index (χ0) is 15.8. The monoisotopic (exact) mass is 302 g/mol. The summed E-state index contributed by atoms with van der Waals surface area (Å²) < 4.78 is 12.5. The molecule has 20 heavy (non-hydrogen) atoms. The van der Waals surface area contributed by atoms with Crippen LogP contribution in [-0.2, 0) is 9.16 Å². The minimum atomic E-state index is -1.88. The third-order valence-corrected chi connectivity index (χ3v) is 9.72. The molecule has 1 rings (SSSR count). The topological polar surface area (TPSA) is 58.9 Å². The normalized spacial score (nSPS) is 35.5. The maximum Gasteiger partial charge on any atom is 0.192 e. The highest BCUT2D eigenvalue weighted by molar-refractivity contribution is 6.74. The third-order valence-electron chi connectivity index (χ3n) is 5.25. The molecule has 4 nitrogen and oxygen atoms in total. The Bertz CT molecular complexity index is 332. The molecule has 4 atom stereocenters. The summed E-state index contributed by atoms with van der Waals surface area (Å²) in [6.45, 7) is 13.1. The molecule has 1 unspecified atom stereocenters. The summed E-state index contributed by atoms with van der Waals surface area (Å²) in [6, 6.07) is -0.0576. The second kappa shape index (κ2) is 6.09. The van der Waals surface area contributed by atoms with Crippen molar-refractivity contribution >= 4 is 16.2 Å². The van der Waals surface area contributed by atoms with Gasteiger partial charge in [-0.3, -0.25) is 0 Å². The minimum absolute atomic E-state index is 0.0183. The molecule has 1 aliphatic rings. The molecule has 0 bridgehead atoms. The fourth-order valence-electron chi connectivity index (χ4n) is 2.70. The van der Waals surface area contributed by atoms with E-state index in [-0.39, 0.29) is 36.3 Å². The first-order valence-corrected chi connectivity index (χ1v) is 10.5. The third kappa shape index (κ3) is 3.30. The number of rotatable bonds is 5. The zero-order valence-electron chi connectivity index (χ0n) is 14.1. The molecule has 118 valence electrons. The van der Waals surface area contributed by atoms with E-state index in [4.69, 9.17) is 9.16 Å². The van der Waals surface area contributed by atoms with E-state index in [2.05, 4.69) is 40.8 Å². The first-order valence-electron chi connectivity index (χ1n) is 7.58. The van der Waals surface area contributed by atoms with E-state index in [1.54, 1.807) is 0 Å². The fraction of sp³-hybridized carbons (Fsp3) is 1.00. The SMILES string of the molecule is B[C@@H]1O[C@@](CO)(CCO)C(C)[C@@H]1O[Si](C)(C)C(C)(C)C. The summed E-state index contributed by atoms with van der Waals surface area (Å²) in [5, 5.41) is 19.1. The number of aliphatic hydroxyl groups is 2.